The van der Waals surface area contributed by atoms with Gasteiger partial charge in [-0.3, -0.25) is 10.1 Å². The van der Waals surface area contributed by atoms with Crippen LogP contribution in [0.25, 0.3) is 0 Å². The van der Waals surface area contributed by atoms with Gasteiger partial charge in [0.1, 0.15) is 5.01 Å². The van der Waals surface area contributed by atoms with Crippen molar-refractivity contribution in [2.24, 2.45) is 0 Å². The standard InChI is InChI=1S/C15H18N4OS/c1-2-13-17-18-15(21-13)16-14(20)11-7-3-4-8-12(11)19-9-5-6-10-19/h3-4,7-8H,2,5-6,9-10H2,1H3,(H,16,18,20). The molecule has 0 radical (unpaired) electrons. The smallest absolute Gasteiger partial charge is 0.259 e. The quantitative estimate of drug-likeness (QED) is 0.943. The number of carbonyl (C=O) groups is 1. The fraction of sp³-hybridized carbons (Fsp3) is 0.400. The average Bonchev–Trinajstić information content (AvgIpc) is 3.18. The molecule has 0 saturated carbocycles. The van der Waals surface area contributed by atoms with Crippen molar-refractivity contribution in [1.29, 1.82) is 0 Å². The van der Waals surface area contributed by atoms with Gasteiger partial charge in [0.25, 0.3) is 5.91 Å². The summed E-state index contributed by atoms with van der Waals surface area (Å²) in [5, 5.41) is 12.4. The fourth-order valence-electron chi connectivity index (χ4n) is 2.51. The van der Waals surface area contributed by atoms with Crippen molar-refractivity contribution in [3.63, 3.8) is 0 Å². The molecule has 1 aliphatic rings. The zero-order valence-electron chi connectivity index (χ0n) is 12.0. The first-order chi connectivity index (χ1) is 10.3. The lowest BCUT2D eigenvalue weighted by Gasteiger charge is -2.20. The van der Waals surface area contributed by atoms with Gasteiger partial charge >= 0.3 is 0 Å². The first kappa shape index (κ1) is 14.0. The van der Waals surface area contributed by atoms with Crippen molar-refractivity contribution in [2.45, 2.75) is 26.2 Å². The summed E-state index contributed by atoms with van der Waals surface area (Å²) < 4.78 is 0. The third-order valence-corrected chi connectivity index (χ3v) is 4.57. The Bertz CT molecular complexity index is 634. The molecule has 2 heterocycles. The summed E-state index contributed by atoms with van der Waals surface area (Å²) >= 11 is 1.43. The van der Waals surface area contributed by atoms with E-state index in [2.05, 4.69) is 20.4 Å². The molecule has 1 aromatic heterocycles. The van der Waals surface area contributed by atoms with Gasteiger partial charge in [0, 0.05) is 18.8 Å². The second-order valence-electron chi connectivity index (χ2n) is 5.02. The van der Waals surface area contributed by atoms with Gasteiger partial charge in [0.2, 0.25) is 5.13 Å². The number of amides is 1. The normalized spacial score (nSPS) is 14.4. The van der Waals surface area contributed by atoms with Crippen LogP contribution in [0.5, 0.6) is 0 Å². The molecule has 0 spiro atoms. The molecule has 110 valence electrons. The predicted octanol–water partition coefficient (Wildman–Crippen LogP) is 2.95. The monoisotopic (exact) mass is 302 g/mol. The Morgan fingerprint density at radius 3 is 2.76 bits per heavy atom. The maximum atomic E-state index is 12.5. The van der Waals surface area contributed by atoms with Crippen molar-refractivity contribution in [3.8, 4) is 0 Å². The van der Waals surface area contributed by atoms with Gasteiger partial charge in [-0.05, 0) is 31.4 Å². The summed E-state index contributed by atoms with van der Waals surface area (Å²) in [5.74, 6) is -0.115. The minimum absolute atomic E-state index is 0.115. The number of rotatable bonds is 4. The number of aromatic nitrogens is 2. The Morgan fingerprint density at radius 1 is 1.29 bits per heavy atom. The maximum absolute atomic E-state index is 12.5. The highest BCUT2D eigenvalue weighted by Crippen LogP contribution is 2.25. The number of benzene rings is 1. The van der Waals surface area contributed by atoms with Crippen molar-refractivity contribution in [2.75, 3.05) is 23.3 Å². The lowest BCUT2D eigenvalue weighted by molar-refractivity contribution is 0.102. The van der Waals surface area contributed by atoms with Crippen LogP contribution in [0.15, 0.2) is 24.3 Å². The average molecular weight is 302 g/mol. The molecule has 1 aromatic carbocycles. The van der Waals surface area contributed by atoms with E-state index in [0.717, 1.165) is 30.2 Å². The molecule has 6 heteroatoms. The third-order valence-electron chi connectivity index (χ3n) is 3.59. The van der Waals surface area contributed by atoms with Crippen LogP contribution in [-0.2, 0) is 6.42 Å². The minimum Gasteiger partial charge on any atom is -0.371 e. The van der Waals surface area contributed by atoms with E-state index in [1.165, 1.54) is 24.2 Å². The van der Waals surface area contributed by atoms with Gasteiger partial charge < -0.3 is 4.90 Å². The van der Waals surface area contributed by atoms with Crippen LogP contribution in [0.1, 0.15) is 35.1 Å². The first-order valence-corrected chi connectivity index (χ1v) is 8.07. The van der Waals surface area contributed by atoms with Crippen LogP contribution in [0.2, 0.25) is 0 Å². The van der Waals surface area contributed by atoms with Crippen molar-refractivity contribution in [1.82, 2.24) is 10.2 Å². The molecule has 1 aliphatic heterocycles. The van der Waals surface area contributed by atoms with Crippen molar-refractivity contribution in [3.05, 3.63) is 34.8 Å². The van der Waals surface area contributed by atoms with Crippen LogP contribution in [-0.4, -0.2) is 29.2 Å². The van der Waals surface area contributed by atoms with E-state index in [0.29, 0.717) is 10.7 Å². The summed E-state index contributed by atoms with van der Waals surface area (Å²) in [6.45, 7) is 4.06. The number of anilines is 2. The van der Waals surface area contributed by atoms with E-state index >= 15 is 0 Å². The third kappa shape index (κ3) is 3.05. The largest absolute Gasteiger partial charge is 0.371 e. The second-order valence-corrected chi connectivity index (χ2v) is 6.08. The van der Waals surface area contributed by atoms with Gasteiger partial charge in [-0.25, -0.2) is 0 Å². The van der Waals surface area contributed by atoms with Crippen LogP contribution < -0.4 is 10.2 Å². The number of hydrogen-bond donors (Lipinski definition) is 1. The molecule has 1 fully saturated rings. The minimum atomic E-state index is -0.115. The van der Waals surface area contributed by atoms with Crippen LogP contribution in [0.4, 0.5) is 10.8 Å². The van der Waals surface area contributed by atoms with E-state index in [1.807, 2.05) is 31.2 Å². The van der Waals surface area contributed by atoms with Crippen molar-refractivity contribution < 1.29 is 4.79 Å². The highest BCUT2D eigenvalue weighted by Gasteiger charge is 2.19. The first-order valence-electron chi connectivity index (χ1n) is 7.25. The van der Waals surface area contributed by atoms with Gasteiger partial charge in [0.05, 0.1) is 5.56 Å². The maximum Gasteiger partial charge on any atom is 0.259 e. The van der Waals surface area contributed by atoms with Gasteiger partial charge in [-0.2, -0.15) is 0 Å². The molecular weight excluding hydrogens is 284 g/mol. The molecule has 0 unspecified atom stereocenters. The molecule has 5 nitrogen and oxygen atoms in total. The number of nitrogens with zero attached hydrogens (tertiary/aromatic N) is 3. The Kier molecular flexibility index (Phi) is 4.15. The molecule has 1 amide bonds. The predicted molar refractivity (Wildman–Crippen MR) is 85.1 cm³/mol. The summed E-state index contributed by atoms with van der Waals surface area (Å²) in [6.07, 6.45) is 3.20. The molecule has 2 aromatic rings. The number of aryl methyl sites for hydroxylation is 1. The van der Waals surface area contributed by atoms with Gasteiger partial charge in [-0.1, -0.05) is 30.4 Å². The topological polar surface area (TPSA) is 58.1 Å². The Balaban J connectivity index is 1.80. The molecule has 0 bridgehead atoms. The number of para-hydroxylation sites is 1. The molecule has 21 heavy (non-hydrogen) atoms. The molecule has 1 saturated heterocycles. The Labute approximate surface area is 128 Å². The molecule has 0 atom stereocenters. The molecule has 3 rings (SSSR count). The number of hydrogen-bond acceptors (Lipinski definition) is 5. The van der Waals surface area contributed by atoms with Crippen LogP contribution >= 0.6 is 11.3 Å². The highest BCUT2D eigenvalue weighted by atomic mass is 32.1. The number of carbonyl (C=O) groups excluding carboxylic acids is 1. The number of nitrogens with one attached hydrogen (secondary N) is 1. The van der Waals surface area contributed by atoms with E-state index in [-0.39, 0.29) is 5.91 Å². The van der Waals surface area contributed by atoms with Crippen LogP contribution in [0, 0.1) is 0 Å². The van der Waals surface area contributed by atoms with E-state index < -0.39 is 0 Å². The summed E-state index contributed by atoms with van der Waals surface area (Å²) in [4.78, 5) is 14.8. The van der Waals surface area contributed by atoms with Crippen LogP contribution in [0.3, 0.4) is 0 Å². The zero-order chi connectivity index (χ0) is 14.7. The van der Waals surface area contributed by atoms with E-state index in [4.69, 9.17) is 0 Å². The highest BCUT2D eigenvalue weighted by molar-refractivity contribution is 7.15. The second kappa shape index (κ2) is 6.22. The summed E-state index contributed by atoms with van der Waals surface area (Å²) in [5.41, 5.74) is 1.71. The van der Waals surface area contributed by atoms with Gasteiger partial charge in [-0.15, -0.1) is 10.2 Å². The van der Waals surface area contributed by atoms with E-state index in [1.54, 1.807) is 0 Å². The fourth-order valence-corrected chi connectivity index (χ4v) is 3.19. The Morgan fingerprint density at radius 2 is 2.05 bits per heavy atom. The lowest BCUT2D eigenvalue weighted by Crippen LogP contribution is -2.22. The summed E-state index contributed by atoms with van der Waals surface area (Å²) in [6, 6.07) is 7.75. The van der Waals surface area contributed by atoms with Crippen molar-refractivity contribution >= 4 is 28.1 Å². The molecule has 0 aliphatic carbocycles. The molecule has 1 N–H and O–H groups in total. The van der Waals surface area contributed by atoms with E-state index in [9.17, 15) is 4.79 Å². The summed E-state index contributed by atoms with van der Waals surface area (Å²) in [7, 11) is 0. The SMILES string of the molecule is CCc1nnc(NC(=O)c2ccccc2N2CCCC2)s1. The lowest BCUT2D eigenvalue weighted by atomic mass is 10.1. The molecular formula is C15H18N4OS. The Hall–Kier alpha value is -1.95. The zero-order valence-corrected chi connectivity index (χ0v) is 12.8. The van der Waals surface area contributed by atoms with Gasteiger partial charge in [0.15, 0.2) is 0 Å².